The van der Waals surface area contributed by atoms with Crippen molar-refractivity contribution in [2.45, 2.75) is 45.3 Å². The molecule has 0 bridgehead atoms. The van der Waals surface area contributed by atoms with Crippen molar-refractivity contribution < 1.29 is 10.2 Å². The average molecular weight is 671 g/mol. The van der Waals surface area contributed by atoms with E-state index in [0.29, 0.717) is 0 Å². The fourth-order valence-corrected chi connectivity index (χ4v) is 8.30. The van der Waals surface area contributed by atoms with Gasteiger partial charge in [-0.2, -0.15) is 0 Å². The molecule has 0 amide bonds. The number of thioether (sulfide) groups is 2. The molecule has 0 fully saturated rings. The summed E-state index contributed by atoms with van der Waals surface area (Å²) in [5, 5.41) is 20.8. The molecule has 6 rings (SSSR count). The molecule has 0 spiro atoms. The van der Waals surface area contributed by atoms with Crippen LogP contribution in [0, 0.1) is 0 Å². The quantitative estimate of drug-likeness (QED) is 0.113. The number of phenolic OH excluding ortho intramolecular Hbond substituents is 2. The van der Waals surface area contributed by atoms with Gasteiger partial charge in [0.2, 0.25) is 0 Å². The molecule has 2 nitrogen and oxygen atoms in total. The van der Waals surface area contributed by atoms with Gasteiger partial charge in [-0.05, 0) is 120 Å². The second kappa shape index (κ2) is 16.7. The molecule has 0 aliphatic heterocycles. The van der Waals surface area contributed by atoms with Crippen molar-refractivity contribution in [2.24, 2.45) is 0 Å². The van der Waals surface area contributed by atoms with Gasteiger partial charge in [-0.25, -0.2) is 0 Å². The summed E-state index contributed by atoms with van der Waals surface area (Å²) >= 11 is 5.46. The van der Waals surface area contributed by atoms with E-state index in [0.717, 1.165) is 58.1 Å². The Bertz CT molecular complexity index is 1720. The summed E-state index contributed by atoms with van der Waals surface area (Å²) in [5.74, 6) is 2.63. The number of aryl methyl sites for hydroxylation is 2. The fourth-order valence-electron chi connectivity index (χ4n) is 5.42. The lowest BCUT2D eigenvalue weighted by molar-refractivity contribution is 0.473. The van der Waals surface area contributed by atoms with E-state index in [9.17, 15) is 10.2 Å². The lowest BCUT2D eigenvalue weighted by atomic mass is 10.0. The van der Waals surface area contributed by atoms with Gasteiger partial charge in [0.15, 0.2) is 0 Å². The normalized spacial score (nSPS) is 11.1. The molecule has 0 aliphatic rings. The summed E-state index contributed by atoms with van der Waals surface area (Å²) < 4.78 is 0. The Balaban J connectivity index is 1.09. The molecule has 0 aromatic heterocycles. The second-order valence-corrected chi connectivity index (χ2v) is 14.9. The Morgan fingerprint density at radius 3 is 1.19 bits per heavy atom. The van der Waals surface area contributed by atoms with Crippen molar-refractivity contribution in [2.75, 3.05) is 11.5 Å². The molecule has 0 saturated heterocycles. The van der Waals surface area contributed by atoms with Crippen LogP contribution in [0.25, 0.3) is 0 Å². The Morgan fingerprint density at radius 1 is 0.404 bits per heavy atom. The lowest BCUT2D eigenvalue weighted by Gasteiger charge is -2.14. The smallest absolute Gasteiger partial charge is 0.115 e. The Labute approximate surface area is 291 Å². The van der Waals surface area contributed by atoms with Crippen LogP contribution in [0.5, 0.6) is 11.5 Å². The van der Waals surface area contributed by atoms with Crippen molar-refractivity contribution in [1.29, 1.82) is 0 Å². The topological polar surface area (TPSA) is 40.5 Å². The van der Waals surface area contributed by atoms with Gasteiger partial charge >= 0.3 is 0 Å². The molecule has 2 N–H and O–H groups in total. The zero-order valence-electron chi connectivity index (χ0n) is 26.2. The van der Waals surface area contributed by atoms with Crippen molar-refractivity contribution in [3.63, 3.8) is 0 Å². The van der Waals surface area contributed by atoms with E-state index in [2.05, 4.69) is 109 Å². The first-order valence-corrected chi connectivity index (χ1v) is 18.7. The minimum atomic E-state index is 0.270. The van der Waals surface area contributed by atoms with E-state index in [-0.39, 0.29) is 11.5 Å². The number of benzene rings is 6. The average Bonchev–Trinajstić information content (AvgIpc) is 3.09. The molecule has 0 unspecified atom stereocenters. The predicted molar refractivity (Wildman–Crippen MR) is 201 cm³/mol. The summed E-state index contributed by atoms with van der Waals surface area (Å²) in [4.78, 5) is 4.81. The van der Waals surface area contributed by atoms with Crippen LogP contribution in [0.2, 0.25) is 0 Å². The van der Waals surface area contributed by atoms with Crippen molar-refractivity contribution >= 4 is 35.3 Å². The van der Waals surface area contributed by atoms with Gasteiger partial charge in [0.25, 0.3) is 0 Å². The van der Waals surface area contributed by atoms with Gasteiger partial charge in [0.1, 0.15) is 11.5 Å². The minimum Gasteiger partial charge on any atom is -0.508 e. The van der Waals surface area contributed by atoms with Gasteiger partial charge in [-0.15, -0.1) is 23.5 Å². The first kappa shape index (κ1) is 32.9. The lowest BCUT2D eigenvalue weighted by Crippen LogP contribution is -1.95. The summed E-state index contributed by atoms with van der Waals surface area (Å²) in [6, 6.07) is 50.1. The van der Waals surface area contributed by atoms with E-state index in [1.54, 1.807) is 23.9 Å². The Morgan fingerprint density at radius 2 is 0.787 bits per heavy atom. The molecule has 236 valence electrons. The maximum atomic E-state index is 10.4. The zero-order valence-corrected chi connectivity index (χ0v) is 28.7. The summed E-state index contributed by atoms with van der Waals surface area (Å²) in [6.45, 7) is 0. The zero-order chi connectivity index (χ0) is 32.3. The van der Waals surface area contributed by atoms with Crippen molar-refractivity contribution in [1.82, 2.24) is 0 Å². The van der Waals surface area contributed by atoms with Crippen LogP contribution in [0.4, 0.5) is 0 Å². The largest absolute Gasteiger partial charge is 0.508 e. The molecule has 0 atom stereocenters. The molecule has 0 aliphatic carbocycles. The summed E-state index contributed by atoms with van der Waals surface area (Å²) in [5.41, 5.74) is 7.25. The highest BCUT2D eigenvalue weighted by atomic mass is 32.2. The molecular weight excluding hydrogens is 633 g/mol. The standard InChI is InChI=1S/C42H38O2S3/c43-37-19-21-41(35(29-37)27-33-15-11-31(12-16-33)23-25-45-39-7-3-1-4-8-39)47-42-22-20-38(44)30-36(42)28-34-17-13-32(14-18-34)24-26-46-40-9-5-2-6-10-40/h1-22,29-30,43-44H,23-28H2. The molecule has 6 aromatic rings. The van der Waals surface area contributed by atoms with Crippen molar-refractivity contribution in [3.8, 4) is 11.5 Å². The maximum absolute atomic E-state index is 10.4. The third kappa shape index (κ3) is 9.98. The Kier molecular flexibility index (Phi) is 11.7. The molecule has 6 aromatic carbocycles. The fraction of sp³-hybridized carbons (Fsp3) is 0.143. The van der Waals surface area contributed by atoms with Gasteiger partial charge in [-0.3, -0.25) is 0 Å². The van der Waals surface area contributed by atoms with Gasteiger partial charge in [0.05, 0.1) is 0 Å². The molecule has 0 radical (unpaired) electrons. The second-order valence-electron chi connectivity index (χ2n) is 11.5. The van der Waals surface area contributed by atoms with E-state index >= 15 is 0 Å². The SMILES string of the molecule is Oc1ccc(Sc2ccc(O)cc2Cc2ccc(CCSc3ccccc3)cc2)c(Cc2ccc(CCSc3ccccc3)cc2)c1. The number of hydrogen-bond donors (Lipinski definition) is 2. The number of hydrogen-bond acceptors (Lipinski definition) is 5. The van der Waals surface area contributed by atoms with E-state index in [1.165, 1.54) is 32.0 Å². The van der Waals surface area contributed by atoms with Gasteiger partial charge in [-0.1, -0.05) is 96.7 Å². The van der Waals surface area contributed by atoms with E-state index in [1.807, 2.05) is 47.8 Å². The molecular formula is C42H38O2S3. The Hall–Kier alpha value is -4.03. The van der Waals surface area contributed by atoms with Gasteiger partial charge < -0.3 is 10.2 Å². The van der Waals surface area contributed by atoms with E-state index < -0.39 is 0 Å². The highest BCUT2D eigenvalue weighted by Gasteiger charge is 2.12. The van der Waals surface area contributed by atoms with Crippen LogP contribution < -0.4 is 0 Å². The number of aromatic hydroxyl groups is 2. The highest BCUT2D eigenvalue weighted by Crippen LogP contribution is 2.37. The first-order chi connectivity index (χ1) is 23.1. The third-order valence-electron chi connectivity index (χ3n) is 7.95. The van der Waals surface area contributed by atoms with Crippen LogP contribution in [0.1, 0.15) is 33.4 Å². The van der Waals surface area contributed by atoms with Gasteiger partial charge in [0, 0.05) is 31.1 Å². The highest BCUT2D eigenvalue weighted by molar-refractivity contribution is 7.99. The maximum Gasteiger partial charge on any atom is 0.115 e. The van der Waals surface area contributed by atoms with Crippen LogP contribution in [-0.4, -0.2) is 21.7 Å². The number of phenols is 2. The van der Waals surface area contributed by atoms with Crippen LogP contribution >= 0.6 is 35.3 Å². The van der Waals surface area contributed by atoms with E-state index in [4.69, 9.17) is 0 Å². The molecule has 0 saturated carbocycles. The minimum absolute atomic E-state index is 0.270. The first-order valence-electron chi connectivity index (χ1n) is 15.9. The monoisotopic (exact) mass is 670 g/mol. The van der Waals surface area contributed by atoms with Crippen LogP contribution in [-0.2, 0) is 25.7 Å². The molecule has 0 heterocycles. The van der Waals surface area contributed by atoms with Crippen LogP contribution in [0.3, 0.4) is 0 Å². The summed E-state index contributed by atoms with van der Waals surface area (Å²) in [6.07, 6.45) is 3.50. The third-order valence-corrected chi connectivity index (χ3v) is 11.2. The predicted octanol–water partition coefficient (Wildman–Crippen LogP) is 11.1. The molecule has 5 heteroatoms. The number of rotatable bonds is 14. The molecule has 47 heavy (non-hydrogen) atoms. The summed E-state index contributed by atoms with van der Waals surface area (Å²) in [7, 11) is 0. The van der Waals surface area contributed by atoms with Crippen LogP contribution in [0.15, 0.2) is 165 Å². The van der Waals surface area contributed by atoms with Crippen molar-refractivity contribution in [3.05, 3.63) is 179 Å².